The van der Waals surface area contributed by atoms with E-state index < -0.39 is 0 Å². The van der Waals surface area contributed by atoms with E-state index in [0.29, 0.717) is 5.75 Å². The van der Waals surface area contributed by atoms with Gasteiger partial charge in [-0.25, -0.2) is 4.98 Å². The molecule has 3 heterocycles. The van der Waals surface area contributed by atoms with Gasteiger partial charge in [0, 0.05) is 33.0 Å². The zero-order valence-corrected chi connectivity index (χ0v) is 16.3. The molecule has 1 N–H and O–H groups in total. The molecule has 0 aliphatic carbocycles. The number of carbonyl (C=O) groups is 1. The molecule has 2 aromatic heterocycles. The topological polar surface area (TPSA) is 79.7 Å². The highest BCUT2D eigenvalue weighted by atomic mass is 32.2. The van der Waals surface area contributed by atoms with Gasteiger partial charge in [0.15, 0.2) is 5.16 Å². The number of carbonyl (C=O) groups excluding carboxylic acids is 1. The Morgan fingerprint density at radius 2 is 1.96 bits per heavy atom. The van der Waals surface area contributed by atoms with Crippen LogP contribution < -0.4 is 0 Å². The van der Waals surface area contributed by atoms with Crippen molar-refractivity contribution in [2.45, 2.75) is 37.3 Å². The van der Waals surface area contributed by atoms with E-state index in [2.05, 4.69) is 20.2 Å². The van der Waals surface area contributed by atoms with Crippen molar-refractivity contribution in [1.29, 1.82) is 0 Å². The van der Waals surface area contributed by atoms with Crippen molar-refractivity contribution in [3.63, 3.8) is 0 Å². The monoisotopic (exact) mass is 384 g/mol. The molecule has 8 heteroatoms. The highest BCUT2D eigenvalue weighted by Gasteiger charge is 2.18. The smallest absolute Gasteiger partial charge is 0.233 e. The van der Waals surface area contributed by atoms with Gasteiger partial charge in [-0.1, -0.05) is 23.9 Å². The Morgan fingerprint density at radius 3 is 2.78 bits per heavy atom. The summed E-state index contributed by atoms with van der Waals surface area (Å²) in [7, 11) is 1.96. The minimum atomic E-state index is 0.200. The van der Waals surface area contributed by atoms with Crippen LogP contribution in [0.3, 0.4) is 0 Å². The SMILES string of the molecule is Cn1c(CCc2nc3ccccc3[nH]2)nnc1SCC(=O)N1CCCCC1. The molecule has 27 heavy (non-hydrogen) atoms. The number of aromatic nitrogens is 5. The summed E-state index contributed by atoms with van der Waals surface area (Å²) in [6, 6.07) is 8.03. The van der Waals surface area contributed by atoms with Crippen LogP contribution in [0.25, 0.3) is 11.0 Å². The second kappa shape index (κ2) is 8.12. The highest BCUT2D eigenvalue weighted by molar-refractivity contribution is 7.99. The van der Waals surface area contributed by atoms with Crippen LogP contribution in [0.5, 0.6) is 0 Å². The Bertz CT molecular complexity index is 894. The van der Waals surface area contributed by atoms with E-state index in [9.17, 15) is 4.79 Å². The minimum absolute atomic E-state index is 0.200. The Morgan fingerprint density at radius 1 is 1.15 bits per heavy atom. The Balaban J connectivity index is 1.33. The van der Waals surface area contributed by atoms with Gasteiger partial charge < -0.3 is 14.5 Å². The number of hydrogen-bond acceptors (Lipinski definition) is 5. The number of H-pyrrole nitrogens is 1. The van der Waals surface area contributed by atoms with Gasteiger partial charge in [-0.3, -0.25) is 4.79 Å². The normalized spacial score (nSPS) is 14.8. The van der Waals surface area contributed by atoms with Crippen LogP contribution in [0.15, 0.2) is 29.4 Å². The molecule has 1 fully saturated rings. The lowest BCUT2D eigenvalue weighted by molar-refractivity contribution is -0.129. The second-order valence-corrected chi connectivity index (χ2v) is 7.83. The summed E-state index contributed by atoms with van der Waals surface area (Å²) in [5.74, 6) is 2.49. The van der Waals surface area contributed by atoms with Gasteiger partial charge in [-0.05, 0) is 31.4 Å². The first-order valence-corrected chi connectivity index (χ1v) is 10.4. The molecule has 1 amide bonds. The van der Waals surface area contributed by atoms with Crippen molar-refractivity contribution in [3.8, 4) is 0 Å². The lowest BCUT2D eigenvalue weighted by Crippen LogP contribution is -2.36. The van der Waals surface area contributed by atoms with Gasteiger partial charge in [0.05, 0.1) is 16.8 Å². The molecule has 1 saturated heterocycles. The number of amides is 1. The van der Waals surface area contributed by atoms with Crippen molar-refractivity contribution in [2.75, 3.05) is 18.8 Å². The summed E-state index contributed by atoms with van der Waals surface area (Å²) >= 11 is 1.47. The number of nitrogens with zero attached hydrogens (tertiary/aromatic N) is 5. The van der Waals surface area contributed by atoms with Crippen LogP contribution in [-0.4, -0.2) is 54.4 Å². The largest absolute Gasteiger partial charge is 0.342 e. The summed E-state index contributed by atoms with van der Waals surface area (Å²) in [5, 5.41) is 9.35. The summed E-state index contributed by atoms with van der Waals surface area (Å²) in [4.78, 5) is 22.2. The van der Waals surface area contributed by atoms with Crippen molar-refractivity contribution >= 4 is 28.7 Å². The quantitative estimate of drug-likeness (QED) is 0.661. The zero-order chi connectivity index (χ0) is 18.6. The van der Waals surface area contributed by atoms with Gasteiger partial charge in [-0.15, -0.1) is 10.2 Å². The molecule has 3 aromatic rings. The number of nitrogens with one attached hydrogen (secondary N) is 1. The number of rotatable bonds is 6. The van der Waals surface area contributed by atoms with Crippen molar-refractivity contribution < 1.29 is 4.79 Å². The van der Waals surface area contributed by atoms with E-state index in [-0.39, 0.29) is 5.91 Å². The molecule has 0 spiro atoms. The second-order valence-electron chi connectivity index (χ2n) is 6.89. The minimum Gasteiger partial charge on any atom is -0.342 e. The Labute approximate surface area is 162 Å². The first-order chi connectivity index (χ1) is 13.2. The van der Waals surface area contributed by atoms with Crippen LogP contribution in [0.4, 0.5) is 0 Å². The van der Waals surface area contributed by atoms with Gasteiger partial charge in [0.1, 0.15) is 11.6 Å². The predicted molar refractivity (Wildman–Crippen MR) is 106 cm³/mol. The molecule has 0 atom stereocenters. The maximum Gasteiger partial charge on any atom is 0.233 e. The van der Waals surface area contributed by atoms with Crippen molar-refractivity contribution in [1.82, 2.24) is 29.6 Å². The van der Waals surface area contributed by atoms with E-state index in [0.717, 1.165) is 66.6 Å². The third-order valence-electron chi connectivity index (χ3n) is 4.98. The molecule has 0 radical (unpaired) electrons. The number of piperidine rings is 1. The van der Waals surface area contributed by atoms with E-state index in [1.54, 1.807) is 0 Å². The van der Waals surface area contributed by atoms with E-state index in [1.807, 2.05) is 40.8 Å². The van der Waals surface area contributed by atoms with Gasteiger partial charge >= 0.3 is 0 Å². The Kier molecular flexibility index (Phi) is 5.42. The maximum absolute atomic E-state index is 12.3. The highest BCUT2D eigenvalue weighted by Crippen LogP contribution is 2.19. The molecular formula is C19H24N6OS. The zero-order valence-electron chi connectivity index (χ0n) is 15.5. The van der Waals surface area contributed by atoms with E-state index >= 15 is 0 Å². The lowest BCUT2D eigenvalue weighted by Gasteiger charge is -2.26. The first kappa shape index (κ1) is 18.0. The van der Waals surface area contributed by atoms with E-state index in [1.165, 1.54) is 18.2 Å². The van der Waals surface area contributed by atoms with Gasteiger partial charge in [0.2, 0.25) is 5.91 Å². The van der Waals surface area contributed by atoms with Gasteiger partial charge in [0.25, 0.3) is 0 Å². The summed E-state index contributed by atoms with van der Waals surface area (Å²) in [5.41, 5.74) is 2.04. The van der Waals surface area contributed by atoms with Gasteiger partial charge in [-0.2, -0.15) is 0 Å². The number of aryl methyl sites for hydroxylation is 2. The molecule has 0 saturated carbocycles. The number of likely N-dealkylation sites (tertiary alicyclic amines) is 1. The molecule has 1 aliphatic rings. The third kappa shape index (κ3) is 4.16. The number of aromatic amines is 1. The number of para-hydroxylation sites is 2. The summed E-state index contributed by atoms with van der Waals surface area (Å²) < 4.78 is 1.98. The maximum atomic E-state index is 12.3. The van der Waals surface area contributed by atoms with Crippen LogP contribution in [-0.2, 0) is 24.7 Å². The van der Waals surface area contributed by atoms with Crippen molar-refractivity contribution in [2.24, 2.45) is 7.05 Å². The molecule has 0 unspecified atom stereocenters. The average Bonchev–Trinajstić information content (AvgIpc) is 3.28. The molecule has 142 valence electrons. The molecule has 0 bridgehead atoms. The molecule has 1 aliphatic heterocycles. The predicted octanol–water partition coefficient (Wildman–Crippen LogP) is 2.58. The average molecular weight is 385 g/mol. The lowest BCUT2D eigenvalue weighted by atomic mass is 10.1. The number of fused-ring (bicyclic) bond motifs is 1. The molecule has 1 aromatic carbocycles. The third-order valence-corrected chi connectivity index (χ3v) is 5.99. The number of imidazole rings is 1. The fourth-order valence-electron chi connectivity index (χ4n) is 3.40. The Hall–Kier alpha value is -2.35. The van der Waals surface area contributed by atoms with E-state index in [4.69, 9.17) is 0 Å². The molecule has 7 nitrogen and oxygen atoms in total. The number of benzene rings is 1. The van der Waals surface area contributed by atoms with Crippen LogP contribution >= 0.6 is 11.8 Å². The number of thioether (sulfide) groups is 1. The summed E-state index contributed by atoms with van der Waals surface area (Å²) in [6.45, 7) is 1.78. The fourth-order valence-corrected chi connectivity index (χ4v) is 4.24. The number of hydrogen-bond donors (Lipinski definition) is 1. The van der Waals surface area contributed by atoms with Crippen molar-refractivity contribution in [3.05, 3.63) is 35.9 Å². The fraction of sp³-hybridized carbons (Fsp3) is 0.474. The summed E-state index contributed by atoms with van der Waals surface area (Å²) in [6.07, 6.45) is 5.00. The molecule has 4 rings (SSSR count). The standard InChI is InChI=1S/C19H24N6OS/c1-24-17(10-9-16-20-14-7-3-4-8-15(14)21-16)22-23-19(24)27-13-18(26)25-11-5-2-6-12-25/h3-4,7-8H,2,5-6,9-13H2,1H3,(H,20,21). The van der Waals surface area contributed by atoms with Crippen LogP contribution in [0.1, 0.15) is 30.9 Å². The first-order valence-electron chi connectivity index (χ1n) is 9.43. The van der Waals surface area contributed by atoms with Crippen LogP contribution in [0, 0.1) is 0 Å². The molecular weight excluding hydrogens is 360 g/mol. The van der Waals surface area contributed by atoms with Crippen LogP contribution in [0.2, 0.25) is 0 Å².